The number of imidazole rings is 1. The van der Waals surface area contributed by atoms with Crippen LogP contribution in [0.2, 0.25) is 0 Å². The molecule has 0 atom stereocenters. The van der Waals surface area contributed by atoms with Crippen molar-refractivity contribution < 1.29 is 17.9 Å². The third kappa shape index (κ3) is 6.49. The number of aryl methyl sites for hydroxylation is 2. The second-order valence-corrected chi connectivity index (χ2v) is 13.2. The van der Waals surface area contributed by atoms with Gasteiger partial charge in [0.05, 0.1) is 54.2 Å². The average Bonchev–Trinajstić information content (AvgIpc) is 3.49. The molecule has 4 rings (SSSR count). The van der Waals surface area contributed by atoms with E-state index in [0.717, 1.165) is 40.3 Å². The van der Waals surface area contributed by atoms with Crippen LogP contribution in [0.1, 0.15) is 73.7 Å². The largest absolute Gasteiger partial charge is 0.492 e. The number of hydrogen-bond donors (Lipinski definition) is 4. The molecule has 12 heteroatoms. The van der Waals surface area contributed by atoms with Gasteiger partial charge in [-0.15, -0.1) is 5.53 Å². The lowest BCUT2D eigenvalue weighted by Gasteiger charge is -2.24. The number of carbonyl (C=O) groups excluding carboxylic acids is 1. The van der Waals surface area contributed by atoms with Gasteiger partial charge in [0, 0.05) is 11.6 Å². The predicted molar refractivity (Wildman–Crippen MR) is 163 cm³/mol. The van der Waals surface area contributed by atoms with E-state index in [-0.39, 0.29) is 28.8 Å². The second-order valence-electron chi connectivity index (χ2n) is 11.5. The van der Waals surface area contributed by atoms with E-state index in [1.165, 1.54) is 7.11 Å². The van der Waals surface area contributed by atoms with Crippen LogP contribution in [0.25, 0.3) is 5.70 Å². The van der Waals surface area contributed by atoms with Crippen molar-refractivity contribution in [1.82, 2.24) is 20.5 Å². The van der Waals surface area contributed by atoms with Gasteiger partial charge >= 0.3 is 0 Å². The summed E-state index contributed by atoms with van der Waals surface area (Å²) in [5.74, 6) is 0.775. The Labute approximate surface area is 242 Å². The molecule has 41 heavy (non-hydrogen) atoms. The van der Waals surface area contributed by atoms with Gasteiger partial charge in [-0.1, -0.05) is 26.8 Å². The van der Waals surface area contributed by atoms with Crippen LogP contribution in [-0.2, 0) is 15.4 Å². The summed E-state index contributed by atoms with van der Waals surface area (Å²) in [6.07, 6.45) is 4.83. The van der Waals surface area contributed by atoms with Crippen molar-refractivity contribution in [3.8, 4) is 5.75 Å². The highest BCUT2D eigenvalue weighted by atomic mass is 32.2. The van der Waals surface area contributed by atoms with Crippen molar-refractivity contribution >= 4 is 38.7 Å². The molecule has 0 spiro atoms. The Hall–Kier alpha value is -4.03. The molecule has 0 fully saturated rings. The topological polar surface area (TPSA) is 130 Å². The van der Waals surface area contributed by atoms with Gasteiger partial charge in [-0.2, -0.15) is 0 Å². The number of sulfonamides is 1. The first-order valence-corrected chi connectivity index (χ1v) is 15.2. The number of nitrogens with zero attached hydrogens (tertiary/aromatic N) is 3. The first-order chi connectivity index (χ1) is 19.1. The second kappa shape index (κ2) is 11.1. The molecular weight excluding hydrogens is 542 g/mol. The van der Waals surface area contributed by atoms with Gasteiger partial charge in [0.15, 0.2) is 5.75 Å². The van der Waals surface area contributed by atoms with Gasteiger partial charge < -0.3 is 14.6 Å². The number of ether oxygens (including phenoxy) is 1. The smallest absolute Gasteiger partial charge is 0.255 e. The highest BCUT2D eigenvalue weighted by molar-refractivity contribution is 7.92. The monoisotopic (exact) mass is 581 g/mol. The summed E-state index contributed by atoms with van der Waals surface area (Å²) in [5, 5.41) is 4.75. The molecule has 0 bridgehead atoms. The number of hydrogen-bond acceptors (Lipinski definition) is 8. The maximum absolute atomic E-state index is 13.5. The van der Waals surface area contributed by atoms with Crippen LogP contribution in [0.3, 0.4) is 0 Å². The van der Waals surface area contributed by atoms with Crippen LogP contribution in [0.15, 0.2) is 42.7 Å². The maximum Gasteiger partial charge on any atom is 0.255 e. The minimum Gasteiger partial charge on any atom is -0.492 e. The number of aromatic nitrogens is 2. The SMILES string of the molecule is COc1c(NC(=O)c2ccc(C)c(N3C=C(c4cnc(C)n4C(C)C)NN3)c2)cc(C(C)(C)C)cc1NS(C)(=O)=O. The zero-order valence-electron chi connectivity index (χ0n) is 25.0. The lowest BCUT2D eigenvalue weighted by molar-refractivity contribution is 0.102. The standard InChI is InChI=1S/C29H39N7O4S/c1-17(2)36-19(4)30-15-26(36)24-16-35(34-32-24)25-12-20(11-10-18(25)3)28(37)31-22-13-21(29(5,6)7)14-23(27(22)40-8)33-41(9,38)39/h10-17,32-34H,1-9H3,(H,31,37). The quantitative estimate of drug-likeness (QED) is 0.298. The van der Waals surface area contributed by atoms with Crippen LogP contribution >= 0.6 is 0 Å². The van der Waals surface area contributed by atoms with Crippen molar-refractivity contribution in [2.45, 2.75) is 59.9 Å². The van der Waals surface area contributed by atoms with Gasteiger partial charge in [0.2, 0.25) is 10.0 Å². The van der Waals surface area contributed by atoms with Gasteiger partial charge in [-0.05, 0) is 68.5 Å². The van der Waals surface area contributed by atoms with Crippen LogP contribution in [-0.4, -0.2) is 37.2 Å². The normalized spacial score (nSPS) is 13.7. The van der Waals surface area contributed by atoms with E-state index < -0.39 is 10.0 Å². The van der Waals surface area contributed by atoms with E-state index in [1.54, 1.807) is 24.3 Å². The fourth-order valence-corrected chi connectivity index (χ4v) is 5.28. The molecule has 0 aliphatic carbocycles. The Morgan fingerprint density at radius 1 is 1.10 bits per heavy atom. The molecule has 11 nitrogen and oxygen atoms in total. The lowest BCUT2D eigenvalue weighted by atomic mass is 9.86. The Morgan fingerprint density at radius 2 is 1.78 bits per heavy atom. The van der Waals surface area contributed by atoms with Crippen molar-refractivity contribution in [3.05, 3.63) is 70.9 Å². The van der Waals surface area contributed by atoms with Crippen LogP contribution in [0.5, 0.6) is 5.75 Å². The molecule has 1 amide bonds. The fraction of sp³-hybridized carbons (Fsp3) is 0.379. The number of methoxy groups -OCH3 is 1. The van der Waals surface area contributed by atoms with E-state index in [1.807, 2.05) is 58.1 Å². The number of amides is 1. The molecule has 220 valence electrons. The van der Waals surface area contributed by atoms with Crippen molar-refractivity contribution in [2.24, 2.45) is 0 Å². The molecule has 1 aromatic heterocycles. The van der Waals surface area contributed by atoms with E-state index in [2.05, 4.69) is 44.4 Å². The zero-order valence-corrected chi connectivity index (χ0v) is 25.8. The fourth-order valence-electron chi connectivity index (χ4n) is 4.73. The van der Waals surface area contributed by atoms with E-state index in [4.69, 9.17) is 4.74 Å². The van der Waals surface area contributed by atoms with Gasteiger partial charge in [0.25, 0.3) is 5.91 Å². The van der Waals surface area contributed by atoms with Crippen molar-refractivity contribution in [2.75, 3.05) is 28.4 Å². The number of benzene rings is 2. The highest BCUT2D eigenvalue weighted by Crippen LogP contribution is 2.39. The van der Waals surface area contributed by atoms with E-state index in [9.17, 15) is 13.2 Å². The summed E-state index contributed by atoms with van der Waals surface area (Å²) in [7, 11) is -2.16. The number of nitrogens with one attached hydrogen (secondary N) is 4. The molecule has 0 saturated heterocycles. The summed E-state index contributed by atoms with van der Waals surface area (Å²) in [5.41, 5.74) is 11.4. The van der Waals surface area contributed by atoms with Crippen molar-refractivity contribution in [1.29, 1.82) is 0 Å². The van der Waals surface area contributed by atoms with E-state index in [0.29, 0.717) is 11.3 Å². The summed E-state index contributed by atoms with van der Waals surface area (Å²) in [4.78, 5) is 18.0. The zero-order chi connectivity index (χ0) is 30.3. The summed E-state index contributed by atoms with van der Waals surface area (Å²) in [6.45, 7) is 14.2. The summed E-state index contributed by atoms with van der Waals surface area (Å²) >= 11 is 0. The Bertz CT molecular complexity index is 1620. The third-order valence-electron chi connectivity index (χ3n) is 6.78. The predicted octanol–water partition coefficient (Wildman–Crippen LogP) is 4.84. The molecular formula is C29H39N7O4S. The minimum absolute atomic E-state index is 0.221. The van der Waals surface area contributed by atoms with E-state index >= 15 is 0 Å². The number of hydrazine groups is 2. The summed E-state index contributed by atoms with van der Waals surface area (Å²) < 4.78 is 34.3. The molecule has 2 heterocycles. The molecule has 0 unspecified atom stereocenters. The molecule has 1 aliphatic heterocycles. The number of anilines is 3. The molecule has 0 radical (unpaired) electrons. The van der Waals surface area contributed by atoms with Gasteiger partial charge in [0.1, 0.15) is 5.82 Å². The van der Waals surface area contributed by atoms with Crippen LogP contribution in [0.4, 0.5) is 17.1 Å². The number of rotatable bonds is 8. The van der Waals surface area contributed by atoms with Gasteiger partial charge in [-0.25, -0.2) is 13.4 Å². The first kappa shape index (κ1) is 29.9. The highest BCUT2D eigenvalue weighted by Gasteiger charge is 2.24. The molecule has 4 N–H and O–H groups in total. The molecule has 0 saturated carbocycles. The average molecular weight is 582 g/mol. The number of carbonyl (C=O) groups is 1. The molecule has 1 aliphatic rings. The Balaban J connectivity index is 1.68. The lowest BCUT2D eigenvalue weighted by Crippen LogP contribution is -2.36. The third-order valence-corrected chi connectivity index (χ3v) is 7.37. The maximum atomic E-state index is 13.5. The first-order valence-electron chi connectivity index (χ1n) is 13.3. The Kier molecular flexibility index (Phi) is 8.10. The minimum atomic E-state index is -3.59. The van der Waals surface area contributed by atoms with Gasteiger partial charge in [-0.3, -0.25) is 20.0 Å². The van der Waals surface area contributed by atoms with Crippen LogP contribution < -0.4 is 30.7 Å². The van der Waals surface area contributed by atoms with Crippen molar-refractivity contribution in [3.63, 3.8) is 0 Å². The summed E-state index contributed by atoms with van der Waals surface area (Å²) in [6, 6.07) is 9.18. The molecule has 3 aromatic rings. The Morgan fingerprint density at radius 3 is 2.39 bits per heavy atom. The molecule has 2 aromatic carbocycles. The van der Waals surface area contributed by atoms with Crippen LogP contribution in [0, 0.1) is 13.8 Å².